The summed E-state index contributed by atoms with van der Waals surface area (Å²) in [6.07, 6.45) is 1.95. The molecule has 98 valence electrons. The fourth-order valence-corrected chi connectivity index (χ4v) is 1.58. The maximum absolute atomic E-state index is 11.5. The first kappa shape index (κ1) is 16.0. The summed E-state index contributed by atoms with van der Waals surface area (Å²) in [6, 6.07) is 0. The van der Waals surface area contributed by atoms with E-state index in [0.717, 1.165) is 5.57 Å². The van der Waals surface area contributed by atoms with Gasteiger partial charge in [0.2, 0.25) is 0 Å². The molecule has 0 spiro atoms. The summed E-state index contributed by atoms with van der Waals surface area (Å²) < 4.78 is 9.23. The highest BCUT2D eigenvalue weighted by Gasteiger charge is 2.20. The molecule has 1 atom stereocenters. The Morgan fingerprint density at radius 2 is 1.94 bits per heavy atom. The van der Waals surface area contributed by atoms with Gasteiger partial charge in [0.1, 0.15) is 0 Å². The van der Waals surface area contributed by atoms with Crippen LogP contribution < -0.4 is 0 Å². The average Bonchev–Trinajstić information content (AvgIpc) is 2.35. The molecule has 0 aliphatic heterocycles. The van der Waals surface area contributed by atoms with Gasteiger partial charge in [-0.3, -0.25) is 9.59 Å². The maximum atomic E-state index is 11.5. The zero-order valence-electron chi connectivity index (χ0n) is 10.3. The molecule has 0 heterocycles. The van der Waals surface area contributed by atoms with Crippen LogP contribution in [0.4, 0.5) is 0 Å². The second-order valence-corrected chi connectivity index (χ2v) is 4.04. The largest absolute Gasteiger partial charge is 0.469 e. The van der Waals surface area contributed by atoms with Gasteiger partial charge in [-0.2, -0.15) is 0 Å². The lowest BCUT2D eigenvalue weighted by Crippen LogP contribution is -2.17. The molecule has 0 aliphatic rings. The molecule has 0 amide bonds. The first-order valence-electron chi connectivity index (χ1n) is 5.42. The SMILES string of the molecule is C=C(CCl)CC(CCCC(=O)OC)C(=O)OC. The first-order valence-corrected chi connectivity index (χ1v) is 5.95. The highest BCUT2D eigenvalue weighted by atomic mass is 35.5. The van der Waals surface area contributed by atoms with Gasteiger partial charge in [-0.1, -0.05) is 12.2 Å². The van der Waals surface area contributed by atoms with Crippen molar-refractivity contribution in [3.8, 4) is 0 Å². The molecule has 0 aromatic rings. The van der Waals surface area contributed by atoms with Crippen molar-refractivity contribution in [3.05, 3.63) is 12.2 Å². The van der Waals surface area contributed by atoms with Gasteiger partial charge in [0.05, 0.1) is 20.1 Å². The molecule has 0 bridgehead atoms. The molecule has 0 radical (unpaired) electrons. The number of alkyl halides is 1. The van der Waals surface area contributed by atoms with Crippen molar-refractivity contribution in [3.63, 3.8) is 0 Å². The Hall–Kier alpha value is -1.03. The number of halogens is 1. The van der Waals surface area contributed by atoms with E-state index in [1.54, 1.807) is 0 Å². The lowest BCUT2D eigenvalue weighted by atomic mass is 9.95. The van der Waals surface area contributed by atoms with Gasteiger partial charge >= 0.3 is 11.9 Å². The van der Waals surface area contributed by atoms with E-state index in [4.69, 9.17) is 16.3 Å². The number of hydrogen-bond acceptors (Lipinski definition) is 4. The Labute approximate surface area is 107 Å². The third-order valence-electron chi connectivity index (χ3n) is 2.42. The predicted molar refractivity (Wildman–Crippen MR) is 65.9 cm³/mol. The van der Waals surface area contributed by atoms with E-state index in [-0.39, 0.29) is 17.9 Å². The molecule has 17 heavy (non-hydrogen) atoms. The minimum absolute atomic E-state index is 0.273. The van der Waals surface area contributed by atoms with Crippen LogP contribution in [0, 0.1) is 5.92 Å². The van der Waals surface area contributed by atoms with Crippen LogP contribution in [0.25, 0.3) is 0 Å². The molecule has 1 unspecified atom stereocenters. The smallest absolute Gasteiger partial charge is 0.308 e. The summed E-state index contributed by atoms with van der Waals surface area (Å²) in [4.78, 5) is 22.4. The number of hydrogen-bond donors (Lipinski definition) is 0. The molecule has 0 saturated heterocycles. The van der Waals surface area contributed by atoms with E-state index in [1.807, 2.05) is 0 Å². The number of carbonyl (C=O) groups is 2. The standard InChI is InChI=1S/C12H19ClO4/c1-9(8-13)7-10(12(15)17-3)5-4-6-11(14)16-2/h10H,1,4-8H2,2-3H3. The van der Waals surface area contributed by atoms with Gasteiger partial charge in [0, 0.05) is 12.3 Å². The normalized spacial score (nSPS) is 11.7. The highest BCUT2D eigenvalue weighted by molar-refractivity contribution is 6.19. The average molecular weight is 263 g/mol. The Morgan fingerprint density at radius 1 is 1.29 bits per heavy atom. The lowest BCUT2D eigenvalue weighted by Gasteiger charge is -2.14. The summed E-state index contributed by atoms with van der Waals surface area (Å²) >= 11 is 5.63. The van der Waals surface area contributed by atoms with Crippen molar-refractivity contribution < 1.29 is 19.1 Å². The van der Waals surface area contributed by atoms with Gasteiger partial charge in [0.25, 0.3) is 0 Å². The molecular weight excluding hydrogens is 244 g/mol. The molecule has 0 aromatic carbocycles. The maximum Gasteiger partial charge on any atom is 0.308 e. The molecule has 0 aromatic heterocycles. The fraction of sp³-hybridized carbons (Fsp3) is 0.667. The third kappa shape index (κ3) is 7.00. The summed E-state index contributed by atoms with van der Waals surface area (Å²) in [7, 11) is 2.69. The number of ether oxygens (including phenoxy) is 2. The summed E-state index contributed by atoms with van der Waals surface area (Å²) in [5.74, 6) is -0.522. The van der Waals surface area contributed by atoms with Gasteiger partial charge in [-0.05, 0) is 19.3 Å². The molecule has 0 rings (SSSR count). The Balaban J connectivity index is 4.15. The van der Waals surface area contributed by atoms with Crippen molar-refractivity contribution in [2.45, 2.75) is 25.7 Å². The summed E-state index contributed by atoms with van der Waals surface area (Å²) in [6.45, 7) is 3.76. The molecule has 0 aliphatic carbocycles. The van der Waals surface area contributed by atoms with Crippen molar-refractivity contribution in [1.82, 2.24) is 0 Å². The fourth-order valence-electron chi connectivity index (χ4n) is 1.47. The van der Waals surface area contributed by atoms with Crippen molar-refractivity contribution >= 4 is 23.5 Å². The number of esters is 2. The number of allylic oxidation sites excluding steroid dienone is 1. The first-order chi connectivity index (χ1) is 8.04. The van der Waals surface area contributed by atoms with Crippen LogP contribution in [-0.4, -0.2) is 32.0 Å². The van der Waals surface area contributed by atoms with Crippen LogP contribution in [0.3, 0.4) is 0 Å². The quantitative estimate of drug-likeness (QED) is 0.383. The van der Waals surface area contributed by atoms with E-state index in [2.05, 4.69) is 11.3 Å². The van der Waals surface area contributed by atoms with Crippen LogP contribution in [0.2, 0.25) is 0 Å². The lowest BCUT2D eigenvalue weighted by molar-refractivity contribution is -0.146. The number of methoxy groups -OCH3 is 2. The molecule has 0 N–H and O–H groups in total. The molecule has 5 heteroatoms. The highest BCUT2D eigenvalue weighted by Crippen LogP contribution is 2.19. The van der Waals surface area contributed by atoms with Crippen LogP contribution in [0.1, 0.15) is 25.7 Å². The van der Waals surface area contributed by atoms with Crippen LogP contribution >= 0.6 is 11.6 Å². The Bertz CT molecular complexity index is 276. The second kappa shape index (κ2) is 9.05. The molecule has 0 saturated carbocycles. The van der Waals surface area contributed by atoms with Gasteiger partial charge in [0.15, 0.2) is 0 Å². The van der Waals surface area contributed by atoms with E-state index < -0.39 is 0 Å². The molecule has 4 nitrogen and oxygen atoms in total. The summed E-state index contributed by atoms with van der Waals surface area (Å²) in [5.41, 5.74) is 0.792. The van der Waals surface area contributed by atoms with Crippen LogP contribution in [0.15, 0.2) is 12.2 Å². The van der Waals surface area contributed by atoms with Gasteiger partial charge < -0.3 is 9.47 Å². The zero-order valence-corrected chi connectivity index (χ0v) is 11.1. The van der Waals surface area contributed by atoms with Crippen LogP contribution in [0.5, 0.6) is 0 Å². The Kier molecular flexibility index (Phi) is 8.50. The van der Waals surface area contributed by atoms with E-state index >= 15 is 0 Å². The number of carbonyl (C=O) groups excluding carboxylic acids is 2. The van der Waals surface area contributed by atoms with Crippen molar-refractivity contribution in [1.29, 1.82) is 0 Å². The molecule has 0 fully saturated rings. The minimum Gasteiger partial charge on any atom is -0.469 e. The number of rotatable bonds is 8. The van der Waals surface area contributed by atoms with E-state index in [1.165, 1.54) is 14.2 Å². The predicted octanol–water partition coefficient (Wildman–Crippen LogP) is 2.30. The zero-order chi connectivity index (χ0) is 13.3. The van der Waals surface area contributed by atoms with Crippen molar-refractivity contribution in [2.24, 2.45) is 5.92 Å². The van der Waals surface area contributed by atoms with Gasteiger partial charge in [-0.15, -0.1) is 11.6 Å². The Morgan fingerprint density at radius 3 is 2.41 bits per heavy atom. The van der Waals surface area contributed by atoms with Crippen LogP contribution in [-0.2, 0) is 19.1 Å². The summed E-state index contributed by atoms with van der Waals surface area (Å²) in [5, 5.41) is 0. The van der Waals surface area contributed by atoms with Gasteiger partial charge in [-0.25, -0.2) is 0 Å². The third-order valence-corrected chi connectivity index (χ3v) is 2.80. The second-order valence-electron chi connectivity index (χ2n) is 3.78. The topological polar surface area (TPSA) is 52.6 Å². The monoisotopic (exact) mass is 262 g/mol. The minimum atomic E-state index is -0.291. The molecular formula is C12H19ClO4. The van der Waals surface area contributed by atoms with E-state index in [9.17, 15) is 9.59 Å². The van der Waals surface area contributed by atoms with Crippen molar-refractivity contribution in [2.75, 3.05) is 20.1 Å². The van der Waals surface area contributed by atoms with E-state index in [0.29, 0.717) is 31.6 Å².